The lowest BCUT2D eigenvalue weighted by Gasteiger charge is -2.16. The number of hydrogen-bond acceptors (Lipinski definition) is 2. The third-order valence-electron chi connectivity index (χ3n) is 2.46. The van der Waals surface area contributed by atoms with Gasteiger partial charge in [0.05, 0.1) is 0 Å². The van der Waals surface area contributed by atoms with Crippen molar-refractivity contribution in [2.24, 2.45) is 5.92 Å². The van der Waals surface area contributed by atoms with Gasteiger partial charge in [-0.3, -0.25) is 0 Å². The van der Waals surface area contributed by atoms with Gasteiger partial charge in [0, 0.05) is 10.9 Å². The predicted molar refractivity (Wildman–Crippen MR) is 64.9 cm³/mol. The van der Waals surface area contributed by atoms with Gasteiger partial charge in [0.2, 0.25) is 0 Å². The fourth-order valence-electron chi connectivity index (χ4n) is 1.48. The SMILES string of the molecule is CCC(CNC(C)C)Cc1cccs1. The topological polar surface area (TPSA) is 12.0 Å². The van der Waals surface area contributed by atoms with Crippen molar-refractivity contribution in [1.82, 2.24) is 5.32 Å². The molecule has 0 saturated heterocycles. The summed E-state index contributed by atoms with van der Waals surface area (Å²) in [5.41, 5.74) is 0. The molecule has 0 saturated carbocycles. The van der Waals surface area contributed by atoms with Crippen LogP contribution in [0.2, 0.25) is 0 Å². The summed E-state index contributed by atoms with van der Waals surface area (Å²) in [6.45, 7) is 7.84. The summed E-state index contributed by atoms with van der Waals surface area (Å²) in [6, 6.07) is 4.98. The maximum Gasteiger partial charge on any atom is 0.00484 e. The molecule has 2 heteroatoms. The quantitative estimate of drug-likeness (QED) is 0.761. The Morgan fingerprint density at radius 2 is 2.21 bits per heavy atom. The van der Waals surface area contributed by atoms with E-state index in [0.29, 0.717) is 6.04 Å². The lowest BCUT2D eigenvalue weighted by molar-refractivity contribution is 0.438. The van der Waals surface area contributed by atoms with Crippen LogP contribution in [0, 0.1) is 5.92 Å². The van der Waals surface area contributed by atoms with Crippen LogP contribution in [0.3, 0.4) is 0 Å². The highest BCUT2D eigenvalue weighted by Crippen LogP contribution is 2.16. The van der Waals surface area contributed by atoms with Crippen LogP contribution in [0.4, 0.5) is 0 Å². The summed E-state index contributed by atoms with van der Waals surface area (Å²) in [6.07, 6.45) is 2.49. The largest absolute Gasteiger partial charge is 0.314 e. The Morgan fingerprint density at radius 1 is 1.43 bits per heavy atom. The van der Waals surface area contributed by atoms with Gasteiger partial charge in [-0.05, 0) is 30.3 Å². The molecule has 0 aliphatic heterocycles. The first-order chi connectivity index (χ1) is 6.72. The van der Waals surface area contributed by atoms with Gasteiger partial charge in [-0.2, -0.15) is 0 Å². The molecule has 1 unspecified atom stereocenters. The van der Waals surface area contributed by atoms with Gasteiger partial charge in [0.1, 0.15) is 0 Å². The van der Waals surface area contributed by atoms with Crippen LogP contribution in [-0.4, -0.2) is 12.6 Å². The number of thiophene rings is 1. The van der Waals surface area contributed by atoms with E-state index < -0.39 is 0 Å². The fraction of sp³-hybridized carbons (Fsp3) is 0.667. The van der Waals surface area contributed by atoms with Crippen LogP contribution >= 0.6 is 11.3 Å². The van der Waals surface area contributed by atoms with Gasteiger partial charge in [-0.15, -0.1) is 11.3 Å². The molecule has 0 amide bonds. The molecule has 1 heterocycles. The van der Waals surface area contributed by atoms with E-state index in [4.69, 9.17) is 0 Å². The summed E-state index contributed by atoms with van der Waals surface area (Å²) in [5, 5.41) is 5.68. The molecular weight excluding hydrogens is 190 g/mol. The Morgan fingerprint density at radius 3 is 2.71 bits per heavy atom. The summed E-state index contributed by atoms with van der Waals surface area (Å²) in [5.74, 6) is 0.788. The second-order valence-electron chi connectivity index (χ2n) is 4.12. The maximum absolute atomic E-state index is 3.51. The summed E-state index contributed by atoms with van der Waals surface area (Å²) < 4.78 is 0. The first kappa shape index (κ1) is 11.7. The zero-order chi connectivity index (χ0) is 10.4. The van der Waals surface area contributed by atoms with Gasteiger partial charge < -0.3 is 5.32 Å². The van der Waals surface area contributed by atoms with Gasteiger partial charge >= 0.3 is 0 Å². The van der Waals surface area contributed by atoms with Crippen molar-refractivity contribution in [2.75, 3.05) is 6.54 Å². The van der Waals surface area contributed by atoms with Crippen molar-refractivity contribution in [3.8, 4) is 0 Å². The highest BCUT2D eigenvalue weighted by molar-refractivity contribution is 7.09. The molecular formula is C12H21NS. The normalized spacial score (nSPS) is 13.4. The minimum atomic E-state index is 0.604. The third-order valence-corrected chi connectivity index (χ3v) is 3.36. The van der Waals surface area contributed by atoms with E-state index >= 15 is 0 Å². The number of rotatable bonds is 6. The Hall–Kier alpha value is -0.340. The van der Waals surface area contributed by atoms with Crippen molar-refractivity contribution in [3.63, 3.8) is 0 Å². The molecule has 1 N–H and O–H groups in total. The Bertz CT molecular complexity index is 228. The molecule has 80 valence electrons. The van der Waals surface area contributed by atoms with E-state index in [2.05, 4.69) is 43.6 Å². The molecule has 0 aliphatic carbocycles. The molecule has 0 aromatic carbocycles. The van der Waals surface area contributed by atoms with Crippen LogP contribution in [0.1, 0.15) is 32.1 Å². The highest BCUT2D eigenvalue weighted by Gasteiger charge is 2.08. The molecule has 1 rings (SSSR count). The summed E-state index contributed by atoms with van der Waals surface area (Å²) >= 11 is 1.87. The van der Waals surface area contributed by atoms with E-state index in [-0.39, 0.29) is 0 Å². The Kier molecular flexibility index (Phi) is 5.20. The van der Waals surface area contributed by atoms with E-state index in [9.17, 15) is 0 Å². The van der Waals surface area contributed by atoms with Gasteiger partial charge in [0.15, 0.2) is 0 Å². The lowest BCUT2D eigenvalue weighted by atomic mass is 10.0. The zero-order valence-electron chi connectivity index (χ0n) is 9.42. The molecule has 0 fully saturated rings. The van der Waals surface area contributed by atoms with Crippen LogP contribution in [-0.2, 0) is 6.42 Å². The van der Waals surface area contributed by atoms with Crippen molar-refractivity contribution < 1.29 is 0 Å². The van der Waals surface area contributed by atoms with Crippen LogP contribution < -0.4 is 5.32 Å². The van der Waals surface area contributed by atoms with E-state index in [1.54, 1.807) is 0 Å². The molecule has 1 nitrogen and oxygen atoms in total. The average Bonchev–Trinajstić information content (AvgIpc) is 2.64. The van der Waals surface area contributed by atoms with Gasteiger partial charge in [-0.1, -0.05) is 33.3 Å². The minimum absolute atomic E-state index is 0.604. The summed E-state index contributed by atoms with van der Waals surface area (Å²) in [4.78, 5) is 1.52. The van der Waals surface area contributed by atoms with Crippen molar-refractivity contribution in [2.45, 2.75) is 39.7 Å². The van der Waals surface area contributed by atoms with Gasteiger partial charge in [0.25, 0.3) is 0 Å². The monoisotopic (exact) mass is 211 g/mol. The molecule has 0 aliphatic rings. The van der Waals surface area contributed by atoms with Crippen molar-refractivity contribution in [1.29, 1.82) is 0 Å². The molecule has 0 radical (unpaired) electrons. The van der Waals surface area contributed by atoms with E-state index in [1.165, 1.54) is 17.7 Å². The first-order valence-corrected chi connectivity index (χ1v) is 6.36. The zero-order valence-corrected chi connectivity index (χ0v) is 10.2. The Balaban J connectivity index is 2.32. The van der Waals surface area contributed by atoms with E-state index in [1.807, 2.05) is 11.3 Å². The fourth-order valence-corrected chi connectivity index (χ4v) is 2.30. The van der Waals surface area contributed by atoms with Crippen LogP contribution in [0.25, 0.3) is 0 Å². The first-order valence-electron chi connectivity index (χ1n) is 5.48. The highest BCUT2D eigenvalue weighted by atomic mass is 32.1. The maximum atomic E-state index is 3.51. The standard InChI is InChI=1S/C12H21NS/c1-4-11(9-13-10(2)3)8-12-6-5-7-14-12/h5-7,10-11,13H,4,8-9H2,1-3H3. The molecule has 0 bridgehead atoms. The predicted octanol–water partition coefficient (Wildman–Crippen LogP) is 3.31. The molecule has 1 atom stereocenters. The Labute approximate surface area is 91.5 Å². The second kappa shape index (κ2) is 6.20. The van der Waals surface area contributed by atoms with E-state index in [0.717, 1.165) is 12.5 Å². The second-order valence-corrected chi connectivity index (χ2v) is 5.15. The van der Waals surface area contributed by atoms with Crippen LogP contribution in [0.5, 0.6) is 0 Å². The van der Waals surface area contributed by atoms with Gasteiger partial charge in [-0.25, -0.2) is 0 Å². The minimum Gasteiger partial charge on any atom is -0.314 e. The number of nitrogens with one attached hydrogen (secondary N) is 1. The molecule has 1 aromatic rings. The summed E-state index contributed by atoms with van der Waals surface area (Å²) in [7, 11) is 0. The number of hydrogen-bond donors (Lipinski definition) is 1. The average molecular weight is 211 g/mol. The molecule has 0 spiro atoms. The smallest absolute Gasteiger partial charge is 0.00484 e. The molecule has 1 aromatic heterocycles. The lowest BCUT2D eigenvalue weighted by Crippen LogP contribution is -2.29. The van der Waals surface area contributed by atoms with Crippen LogP contribution in [0.15, 0.2) is 17.5 Å². The molecule has 14 heavy (non-hydrogen) atoms. The van der Waals surface area contributed by atoms with Crippen molar-refractivity contribution >= 4 is 11.3 Å². The third kappa shape index (κ3) is 4.25. The van der Waals surface area contributed by atoms with Crippen molar-refractivity contribution in [3.05, 3.63) is 22.4 Å².